The van der Waals surface area contributed by atoms with E-state index in [9.17, 15) is 4.79 Å². The van der Waals surface area contributed by atoms with E-state index in [1.165, 1.54) is 16.9 Å². The van der Waals surface area contributed by atoms with Gasteiger partial charge in [-0.3, -0.25) is 4.79 Å². The quantitative estimate of drug-likeness (QED) is 0.335. The minimum absolute atomic E-state index is 0.0486. The first-order valence-corrected chi connectivity index (χ1v) is 12.5. The molecule has 7 heteroatoms. The number of carbonyl (C=O) groups excluding carboxylic acids is 1. The van der Waals surface area contributed by atoms with Crippen LogP contribution in [0.3, 0.4) is 0 Å². The third kappa shape index (κ3) is 5.10. The summed E-state index contributed by atoms with van der Waals surface area (Å²) in [4.78, 5) is 19.2. The summed E-state index contributed by atoms with van der Waals surface area (Å²) in [6.07, 6.45) is 6.05. The van der Waals surface area contributed by atoms with E-state index in [-0.39, 0.29) is 5.91 Å². The Hall–Kier alpha value is -1.96. The van der Waals surface area contributed by atoms with Crippen LogP contribution < -0.4 is 10.1 Å². The molecule has 0 unspecified atom stereocenters. The first-order chi connectivity index (χ1) is 15.1. The maximum atomic E-state index is 13.2. The number of fused-ring (bicyclic) bond motifs is 1. The fraction of sp³-hybridized carbons (Fsp3) is 0.250. The third-order valence-electron chi connectivity index (χ3n) is 5.23. The largest absolute Gasteiger partial charge is 0.494 e. The third-order valence-corrected chi connectivity index (χ3v) is 7.61. The monoisotopic (exact) mass is 560 g/mol. The Morgan fingerprint density at radius 2 is 1.87 bits per heavy atom. The van der Waals surface area contributed by atoms with E-state index in [1.54, 1.807) is 24.7 Å². The van der Waals surface area contributed by atoms with Crippen LogP contribution in [0.25, 0.3) is 0 Å². The number of halogens is 2. The number of hydrogen-bond donors (Lipinski definition) is 1. The highest BCUT2D eigenvalue weighted by Gasteiger charge is 2.25. The SMILES string of the molecule is COc1c(Br)cc(C=Nc2sc3c(c2C(=O)NCc2ccccc2)CCCC3)cc1Br. The number of rotatable bonds is 6. The number of nitrogens with one attached hydrogen (secondary N) is 1. The van der Waals surface area contributed by atoms with Crippen molar-refractivity contribution in [1.82, 2.24) is 5.32 Å². The molecular formula is C24H22Br2N2O2S. The Labute approximate surface area is 203 Å². The van der Waals surface area contributed by atoms with E-state index >= 15 is 0 Å². The second-order valence-electron chi connectivity index (χ2n) is 7.34. The lowest BCUT2D eigenvalue weighted by molar-refractivity contribution is 0.0951. The molecule has 0 spiro atoms. The molecular weight excluding hydrogens is 540 g/mol. The topological polar surface area (TPSA) is 50.7 Å². The predicted molar refractivity (Wildman–Crippen MR) is 134 cm³/mol. The van der Waals surface area contributed by atoms with Crippen LogP contribution >= 0.6 is 43.2 Å². The minimum Gasteiger partial charge on any atom is -0.494 e. The summed E-state index contributed by atoms with van der Waals surface area (Å²) >= 11 is 8.71. The van der Waals surface area contributed by atoms with Crippen molar-refractivity contribution in [3.05, 3.63) is 78.5 Å². The van der Waals surface area contributed by atoms with E-state index in [2.05, 4.69) is 37.2 Å². The van der Waals surface area contributed by atoms with E-state index < -0.39 is 0 Å². The highest BCUT2D eigenvalue weighted by atomic mass is 79.9. The van der Waals surface area contributed by atoms with Crippen LogP contribution in [0, 0.1) is 0 Å². The van der Waals surface area contributed by atoms with Crippen molar-refractivity contribution in [2.75, 3.05) is 7.11 Å². The van der Waals surface area contributed by atoms with Gasteiger partial charge < -0.3 is 10.1 Å². The summed E-state index contributed by atoms with van der Waals surface area (Å²) in [5, 5.41) is 3.86. The molecule has 0 saturated carbocycles. The molecule has 2 aromatic carbocycles. The number of aryl methyl sites for hydroxylation is 1. The van der Waals surface area contributed by atoms with E-state index in [0.717, 1.165) is 55.6 Å². The molecule has 1 aliphatic carbocycles. The molecule has 160 valence electrons. The molecule has 1 aliphatic rings. The van der Waals surface area contributed by atoms with Gasteiger partial charge in [0.25, 0.3) is 5.91 Å². The van der Waals surface area contributed by atoms with Gasteiger partial charge in [-0.25, -0.2) is 4.99 Å². The molecule has 1 N–H and O–H groups in total. The number of methoxy groups -OCH3 is 1. The standard InChI is InChI=1S/C24H22Br2N2O2S/c1-30-22-18(25)11-16(12-19(22)26)14-28-24-21(17-9-5-6-10-20(17)31-24)23(29)27-13-15-7-3-2-4-8-15/h2-4,7-8,11-12,14H,5-6,9-10,13H2,1H3,(H,27,29). The number of amides is 1. The van der Waals surface area contributed by atoms with Crippen molar-refractivity contribution < 1.29 is 9.53 Å². The van der Waals surface area contributed by atoms with Gasteiger partial charge in [-0.1, -0.05) is 30.3 Å². The molecule has 0 bridgehead atoms. The fourth-order valence-corrected chi connectivity index (χ4v) is 6.50. The number of nitrogens with zero attached hydrogens (tertiary/aromatic N) is 1. The molecule has 4 rings (SSSR count). The Bertz CT molecular complexity index is 1100. The average Bonchev–Trinajstić information content (AvgIpc) is 3.15. The van der Waals surface area contributed by atoms with Gasteiger partial charge in [-0.05, 0) is 86.4 Å². The van der Waals surface area contributed by atoms with Gasteiger partial charge in [-0.15, -0.1) is 11.3 Å². The van der Waals surface area contributed by atoms with E-state index in [4.69, 9.17) is 9.73 Å². The number of benzene rings is 2. The van der Waals surface area contributed by atoms with Crippen molar-refractivity contribution in [2.45, 2.75) is 32.2 Å². The lowest BCUT2D eigenvalue weighted by atomic mass is 9.95. The van der Waals surface area contributed by atoms with Crippen LogP contribution in [-0.2, 0) is 19.4 Å². The average molecular weight is 562 g/mol. The fourth-order valence-electron chi connectivity index (χ4n) is 3.73. The highest BCUT2D eigenvalue weighted by Crippen LogP contribution is 2.40. The first kappa shape index (κ1) is 22.2. The summed E-state index contributed by atoms with van der Waals surface area (Å²) < 4.78 is 7.06. The summed E-state index contributed by atoms with van der Waals surface area (Å²) in [5.74, 6) is 0.692. The molecule has 4 nitrogen and oxygen atoms in total. The lowest BCUT2D eigenvalue weighted by Crippen LogP contribution is -2.24. The molecule has 0 fully saturated rings. The van der Waals surface area contributed by atoms with Gasteiger partial charge in [0.2, 0.25) is 0 Å². The van der Waals surface area contributed by atoms with Crippen LogP contribution in [-0.4, -0.2) is 19.2 Å². The van der Waals surface area contributed by atoms with Crippen LogP contribution in [0.5, 0.6) is 5.75 Å². The molecule has 3 aromatic rings. The van der Waals surface area contributed by atoms with Crippen molar-refractivity contribution in [3.8, 4) is 5.75 Å². The van der Waals surface area contributed by atoms with Crippen molar-refractivity contribution >= 4 is 60.3 Å². The van der Waals surface area contributed by atoms with Gasteiger partial charge in [-0.2, -0.15) is 0 Å². The van der Waals surface area contributed by atoms with Gasteiger partial charge in [0.1, 0.15) is 10.8 Å². The Kier molecular flexibility index (Phi) is 7.25. The number of ether oxygens (including phenoxy) is 1. The van der Waals surface area contributed by atoms with E-state index in [1.807, 2.05) is 42.5 Å². The summed E-state index contributed by atoms with van der Waals surface area (Å²) in [5.41, 5.74) is 3.91. The zero-order valence-corrected chi connectivity index (χ0v) is 21.1. The van der Waals surface area contributed by atoms with Crippen LogP contribution in [0.4, 0.5) is 5.00 Å². The number of carbonyl (C=O) groups is 1. The molecule has 31 heavy (non-hydrogen) atoms. The molecule has 0 radical (unpaired) electrons. The molecule has 0 saturated heterocycles. The van der Waals surface area contributed by atoms with Gasteiger partial charge in [0, 0.05) is 17.6 Å². The van der Waals surface area contributed by atoms with Gasteiger partial charge in [0.05, 0.1) is 21.6 Å². The first-order valence-electron chi connectivity index (χ1n) is 10.1. The minimum atomic E-state index is -0.0486. The highest BCUT2D eigenvalue weighted by molar-refractivity contribution is 9.11. The smallest absolute Gasteiger partial charge is 0.254 e. The zero-order chi connectivity index (χ0) is 21.8. The molecule has 0 atom stereocenters. The van der Waals surface area contributed by atoms with Gasteiger partial charge >= 0.3 is 0 Å². The Morgan fingerprint density at radius 3 is 2.58 bits per heavy atom. The normalized spacial score (nSPS) is 13.3. The number of thiophene rings is 1. The maximum Gasteiger partial charge on any atom is 0.254 e. The van der Waals surface area contributed by atoms with Crippen LogP contribution in [0.1, 0.15) is 44.8 Å². The summed E-state index contributed by atoms with van der Waals surface area (Å²) in [6.45, 7) is 0.506. The van der Waals surface area contributed by atoms with Crippen LogP contribution in [0.15, 0.2) is 56.4 Å². The van der Waals surface area contributed by atoms with Crippen molar-refractivity contribution in [3.63, 3.8) is 0 Å². The summed E-state index contributed by atoms with van der Waals surface area (Å²) in [6, 6.07) is 13.9. The summed E-state index contributed by atoms with van der Waals surface area (Å²) in [7, 11) is 1.63. The van der Waals surface area contributed by atoms with Crippen molar-refractivity contribution in [2.24, 2.45) is 4.99 Å². The van der Waals surface area contributed by atoms with Crippen LogP contribution in [0.2, 0.25) is 0 Å². The van der Waals surface area contributed by atoms with Crippen molar-refractivity contribution in [1.29, 1.82) is 0 Å². The Morgan fingerprint density at radius 1 is 1.16 bits per heavy atom. The van der Waals surface area contributed by atoms with Gasteiger partial charge in [0.15, 0.2) is 0 Å². The molecule has 1 heterocycles. The Balaban J connectivity index is 1.62. The molecule has 1 amide bonds. The second-order valence-corrected chi connectivity index (χ2v) is 10.1. The maximum absolute atomic E-state index is 13.2. The molecule has 1 aromatic heterocycles. The second kappa shape index (κ2) is 10.1. The van der Waals surface area contributed by atoms with E-state index in [0.29, 0.717) is 6.54 Å². The predicted octanol–water partition coefficient (Wildman–Crippen LogP) is 6.84. The zero-order valence-electron chi connectivity index (χ0n) is 17.1. The molecule has 0 aliphatic heterocycles. The number of aliphatic imine (C=N–C) groups is 1. The lowest BCUT2D eigenvalue weighted by Gasteiger charge is -2.13. The number of hydrogen-bond acceptors (Lipinski definition) is 4.